The number of nitrogens with zero attached hydrogens (tertiary/aromatic N) is 2. The van der Waals surface area contributed by atoms with Crippen LogP contribution in [0.1, 0.15) is 12.0 Å². The average molecular weight is 449 g/mol. The van der Waals surface area contributed by atoms with E-state index in [1.807, 2.05) is 42.5 Å². The fourth-order valence-electron chi connectivity index (χ4n) is 2.98. The molecule has 0 spiro atoms. The van der Waals surface area contributed by atoms with Crippen LogP contribution in [0.25, 0.3) is 11.3 Å². The standard InChI is InChI=1S/C21H18Cl2N2O3S/c1-25(20(28)14(12-17(26)27)11-13-7-3-2-4-8-13)21-24-18(19(23)29-21)15-9-5-6-10-16(15)22/h2-10,14H,11-12H2,1H3,(H,26,27)/t14-/m1/s1. The minimum atomic E-state index is -1.03. The minimum Gasteiger partial charge on any atom is -0.481 e. The van der Waals surface area contributed by atoms with Crippen LogP contribution in [-0.4, -0.2) is 29.0 Å². The predicted octanol–water partition coefficient (Wildman–Crippen LogP) is 5.41. The Labute approximate surface area is 182 Å². The first-order valence-corrected chi connectivity index (χ1v) is 10.4. The summed E-state index contributed by atoms with van der Waals surface area (Å²) < 4.78 is 0.408. The summed E-state index contributed by atoms with van der Waals surface area (Å²) in [6.45, 7) is 0. The molecular weight excluding hydrogens is 431 g/mol. The zero-order valence-corrected chi connectivity index (χ0v) is 17.8. The number of rotatable bonds is 7. The summed E-state index contributed by atoms with van der Waals surface area (Å²) in [5.41, 5.74) is 2.07. The number of aliphatic carboxylic acids is 1. The molecule has 0 radical (unpaired) electrons. The zero-order valence-electron chi connectivity index (χ0n) is 15.5. The number of anilines is 1. The topological polar surface area (TPSA) is 70.5 Å². The molecule has 2 aromatic carbocycles. The van der Waals surface area contributed by atoms with E-state index in [2.05, 4.69) is 4.98 Å². The fourth-order valence-corrected chi connectivity index (χ4v) is 4.33. The molecule has 29 heavy (non-hydrogen) atoms. The molecule has 1 atom stereocenters. The lowest BCUT2D eigenvalue weighted by Gasteiger charge is -2.21. The molecule has 5 nitrogen and oxygen atoms in total. The smallest absolute Gasteiger partial charge is 0.304 e. The number of thiazole rings is 1. The van der Waals surface area contributed by atoms with Crippen LogP contribution in [0.2, 0.25) is 9.36 Å². The van der Waals surface area contributed by atoms with Crippen molar-refractivity contribution in [2.24, 2.45) is 5.92 Å². The highest BCUT2D eigenvalue weighted by Crippen LogP contribution is 2.39. The van der Waals surface area contributed by atoms with E-state index < -0.39 is 11.9 Å². The molecule has 0 bridgehead atoms. The molecule has 8 heteroatoms. The van der Waals surface area contributed by atoms with Crippen LogP contribution in [0, 0.1) is 5.92 Å². The first-order valence-electron chi connectivity index (χ1n) is 8.81. The van der Waals surface area contributed by atoms with Crippen LogP contribution in [0.5, 0.6) is 0 Å². The molecule has 150 valence electrons. The van der Waals surface area contributed by atoms with Crippen molar-refractivity contribution in [2.45, 2.75) is 12.8 Å². The van der Waals surface area contributed by atoms with Crippen molar-refractivity contribution in [3.63, 3.8) is 0 Å². The molecule has 1 amide bonds. The molecule has 1 heterocycles. The molecule has 3 rings (SSSR count). The summed E-state index contributed by atoms with van der Waals surface area (Å²) in [4.78, 5) is 30.3. The van der Waals surface area contributed by atoms with Gasteiger partial charge in [-0.2, -0.15) is 0 Å². The fraction of sp³-hybridized carbons (Fsp3) is 0.190. The van der Waals surface area contributed by atoms with Gasteiger partial charge in [0.1, 0.15) is 10.0 Å². The van der Waals surface area contributed by atoms with E-state index in [4.69, 9.17) is 23.2 Å². The van der Waals surface area contributed by atoms with Gasteiger partial charge in [0.15, 0.2) is 5.13 Å². The van der Waals surface area contributed by atoms with Gasteiger partial charge in [0.05, 0.1) is 17.4 Å². The maximum absolute atomic E-state index is 13.1. The lowest BCUT2D eigenvalue weighted by Crippen LogP contribution is -2.35. The van der Waals surface area contributed by atoms with E-state index in [-0.39, 0.29) is 12.3 Å². The summed E-state index contributed by atoms with van der Waals surface area (Å²) in [5, 5.41) is 10.2. The summed E-state index contributed by atoms with van der Waals surface area (Å²) in [6, 6.07) is 16.5. The summed E-state index contributed by atoms with van der Waals surface area (Å²) in [6.07, 6.45) is 0.0569. The van der Waals surface area contributed by atoms with Crippen LogP contribution < -0.4 is 4.90 Å². The van der Waals surface area contributed by atoms with Crippen LogP contribution in [0.3, 0.4) is 0 Å². The van der Waals surface area contributed by atoms with Crippen LogP contribution in [0.15, 0.2) is 54.6 Å². The minimum absolute atomic E-state index is 0.269. The Morgan fingerprint density at radius 1 is 1.10 bits per heavy atom. The third-order valence-electron chi connectivity index (χ3n) is 4.42. The highest BCUT2D eigenvalue weighted by molar-refractivity contribution is 7.20. The van der Waals surface area contributed by atoms with Gasteiger partial charge in [-0.25, -0.2) is 4.98 Å². The molecule has 0 saturated carbocycles. The number of hydrogen-bond acceptors (Lipinski definition) is 4. The second-order valence-corrected chi connectivity index (χ2v) is 8.47. The molecule has 3 aromatic rings. The van der Waals surface area contributed by atoms with Crippen LogP contribution in [-0.2, 0) is 16.0 Å². The summed E-state index contributed by atoms with van der Waals surface area (Å²) >= 11 is 13.7. The van der Waals surface area contributed by atoms with Crippen molar-refractivity contribution in [3.05, 3.63) is 69.5 Å². The van der Waals surface area contributed by atoms with Gasteiger partial charge >= 0.3 is 5.97 Å². The second kappa shape index (κ2) is 9.39. The number of hydrogen-bond donors (Lipinski definition) is 1. The Hall–Kier alpha value is -2.41. The monoisotopic (exact) mass is 448 g/mol. The van der Waals surface area contributed by atoms with E-state index in [9.17, 15) is 14.7 Å². The van der Waals surface area contributed by atoms with Crippen molar-refractivity contribution >= 4 is 51.5 Å². The molecule has 1 aromatic heterocycles. The Kier molecular flexibility index (Phi) is 6.90. The van der Waals surface area contributed by atoms with Crippen molar-refractivity contribution in [3.8, 4) is 11.3 Å². The number of benzene rings is 2. The number of carbonyl (C=O) groups excluding carboxylic acids is 1. The lowest BCUT2D eigenvalue weighted by molar-refractivity contribution is -0.140. The quantitative estimate of drug-likeness (QED) is 0.524. The third kappa shape index (κ3) is 5.15. The van der Waals surface area contributed by atoms with E-state index in [0.717, 1.165) is 16.9 Å². The molecule has 0 fully saturated rings. The third-order valence-corrected chi connectivity index (χ3v) is 6.08. The molecule has 0 aliphatic rings. The molecule has 0 unspecified atom stereocenters. The highest BCUT2D eigenvalue weighted by atomic mass is 35.5. The molecule has 0 aliphatic heterocycles. The number of carboxylic acids is 1. The van der Waals surface area contributed by atoms with Gasteiger partial charge in [0.25, 0.3) is 0 Å². The average Bonchev–Trinajstić information content (AvgIpc) is 3.08. The van der Waals surface area contributed by atoms with E-state index in [1.165, 1.54) is 4.90 Å². The number of amides is 1. The Morgan fingerprint density at radius 2 is 1.76 bits per heavy atom. The van der Waals surface area contributed by atoms with Gasteiger partial charge in [-0.1, -0.05) is 83.1 Å². The van der Waals surface area contributed by atoms with E-state index >= 15 is 0 Å². The summed E-state index contributed by atoms with van der Waals surface area (Å²) in [7, 11) is 1.58. The van der Waals surface area contributed by atoms with Crippen molar-refractivity contribution in [1.82, 2.24) is 4.98 Å². The molecular formula is C21H18Cl2N2O3S. The number of carbonyl (C=O) groups is 2. The van der Waals surface area contributed by atoms with Crippen LogP contribution >= 0.6 is 34.5 Å². The SMILES string of the molecule is CN(C(=O)[C@@H](CC(=O)O)Cc1ccccc1)c1nc(-c2ccccc2Cl)c(Cl)s1. The Balaban J connectivity index is 1.86. The van der Waals surface area contributed by atoms with Crippen molar-refractivity contribution < 1.29 is 14.7 Å². The molecule has 1 N–H and O–H groups in total. The number of halogens is 2. The Morgan fingerprint density at radius 3 is 2.41 bits per heavy atom. The molecule has 0 saturated heterocycles. The van der Waals surface area contributed by atoms with E-state index in [1.54, 1.807) is 19.2 Å². The van der Waals surface area contributed by atoms with Gasteiger partial charge in [-0.05, 0) is 18.1 Å². The first-order chi connectivity index (χ1) is 13.9. The largest absolute Gasteiger partial charge is 0.481 e. The summed E-state index contributed by atoms with van der Waals surface area (Å²) in [5.74, 6) is -2.07. The van der Waals surface area contributed by atoms with Gasteiger partial charge < -0.3 is 5.11 Å². The zero-order chi connectivity index (χ0) is 21.0. The predicted molar refractivity (Wildman–Crippen MR) is 117 cm³/mol. The van der Waals surface area contributed by atoms with Crippen LogP contribution in [0.4, 0.5) is 5.13 Å². The van der Waals surface area contributed by atoms with Gasteiger partial charge in [-0.15, -0.1) is 0 Å². The van der Waals surface area contributed by atoms with Gasteiger partial charge in [0.2, 0.25) is 5.91 Å². The number of carboxylic acid groups (broad SMARTS) is 1. The number of aromatic nitrogens is 1. The maximum atomic E-state index is 13.1. The molecule has 0 aliphatic carbocycles. The normalized spacial score (nSPS) is 11.8. The van der Waals surface area contributed by atoms with Crippen molar-refractivity contribution in [1.29, 1.82) is 0 Å². The highest BCUT2D eigenvalue weighted by Gasteiger charge is 2.28. The lowest BCUT2D eigenvalue weighted by atomic mass is 9.95. The van der Waals surface area contributed by atoms with Gasteiger partial charge in [0, 0.05) is 12.6 Å². The van der Waals surface area contributed by atoms with E-state index in [0.29, 0.717) is 32.2 Å². The van der Waals surface area contributed by atoms with Crippen molar-refractivity contribution in [2.75, 3.05) is 11.9 Å². The Bertz CT molecular complexity index is 1020. The first kappa shape index (κ1) is 21.3. The second-order valence-electron chi connectivity index (χ2n) is 6.48. The maximum Gasteiger partial charge on any atom is 0.304 e. The van der Waals surface area contributed by atoms with Gasteiger partial charge in [-0.3, -0.25) is 14.5 Å².